The molecule has 24 heavy (non-hydrogen) atoms. The molecule has 1 aromatic carbocycles. The molecule has 0 spiro atoms. The van der Waals surface area contributed by atoms with Gasteiger partial charge in [0, 0.05) is 23.6 Å². The van der Waals surface area contributed by atoms with E-state index in [-0.39, 0.29) is 0 Å². The van der Waals surface area contributed by atoms with Crippen molar-refractivity contribution in [1.82, 2.24) is 9.38 Å². The van der Waals surface area contributed by atoms with Crippen molar-refractivity contribution in [2.45, 2.75) is 39.0 Å². The summed E-state index contributed by atoms with van der Waals surface area (Å²) < 4.78 is 7.97. The summed E-state index contributed by atoms with van der Waals surface area (Å²) in [7, 11) is 0. The van der Waals surface area contributed by atoms with Gasteiger partial charge >= 0.3 is 0 Å². The van der Waals surface area contributed by atoms with Crippen LogP contribution in [0.25, 0.3) is 16.9 Å². The number of hydrogen-bond acceptors (Lipinski definition) is 3. The Labute approximate surface area is 143 Å². The lowest BCUT2D eigenvalue weighted by molar-refractivity contribution is 0.306. The number of aromatic nitrogens is 2. The minimum Gasteiger partial charge on any atom is -0.490 e. The first-order valence-electron chi connectivity index (χ1n) is 8.74. The molecular formula is C20H25N3O. The van der Waals surface area contributed by atoms with Gasteiger partial charge in [-0.25, -0.2) is 4.98 Å². The molecule has 3 rings (SSSR count). The lowest BCUT2D eigenvalue weighted by atomic mass is 10.1. The van der Waals surface area contributed by atoms with Crippen molar-refractivity contribution >= 4 is 11.3 Å². The second-order valence-corrected chi connectivity index (χ2v) is 6.12. The van der Waals surface area contributed by atoms with E-state index in [9.17, 15) is 0 Å². The SMILES string of the molecule is CCCCCCCOc1cccn2cc(-c3cccc(N)c3)nc12. The van der Waals surface area contributed by atoms with E-state index in [1.165, 1.54) is 25.7 Å². The summed E-state index contributed by atoms with van der Waals surface area (Å²) >= 11 is 0. The Bertz CT molecular complexity index is 794. The van der Waals surface area contributed by atoms with E-state index in [0.29, 0.717) is 0 Å². The van der Waals surface area contributed by atoms with Gasteiger partial charge in [-0.1, -0.05) is 44.7 Å². The first-order chi connectivity index (χ1) is 11.8. The maximum atomic E-state index is 5.96. The Balaban J connectivity index is 1.73. The molecule has 0 fully saturated rings. The van der Waals surface area contributed by atoms with E-state index in [0.717, 1.165) is 41.4 Å². The number of hydrogen-bond donors (Lipinski definition) is 1. The number of pyridine rings is 1. The summed E-state index contributed by atoms with van der Waals surface area (Å²) in [5, 5.41) is 0. The van der Waals surface area contributed by atoms with Crippen molar-refractivity contribution in [2.24, 2.45) is 0 Å². The monoisotopic (exact) mass is 323 g/mol. The fourth-order valence-electron chi connectivity index (χ4n) is 2.82. The van der Waals surface area contributed by atoms with E-state index in [4.69, 9.17) is 15.5 Å². The third kappa shape index (κ3) is 3.88. The Morgan fingerprint density at radius 1 is 1.08 bits per heavy atom. The van der Waals surface area contributed by atoms with Crippen molar-refractivity contribution in [3.05, 3.63) is 48.8 Å². The summed E-state index contributed by atoms with van der Waals surface area (Å²) in [6.07, 6.45) is 10.2. The average Bonchev–Trinajstić information content (AvgIpc) is 3.03. The van der Waals surface area contributed by atoms with Crippen LogP contribution in [0.5, 0.6) is 5.75 Å². The highest BCUT2D eigenvalue weighted by Gasteiger charge is 2.09. The number of rotatable bonds is 8. The second kappa shape index (κ2) is 7.86. The zero-order valence-corrected chi connectivity index (χ0v) is 14.2. The van der Waals surface area contributed by atoms with E-state index in [1.807, 2.05) is 53.2 Å². The van der Waals surface area contributed by atoms with Gasteiger partial charge in [0.25, 0.3) is 0 Å². The van der Waals surface area contributed by atoms with Crippen LogP contribution < -0.4 is 10.5 Å². The van der Waals surface area contributed by atoms with Crippen molar-refractivity contribution in [3.8, 4) is 17.0 Å². The first kappa shape index (κ1) is 16.4. The molecule has 0 saturated carbocycles. The highest BCUT2D eigenvalue weighted by Crippen LogP contribution is 2.25. The summed E-state index contributed by atoms with van der Waals surface area (Å²) in [6.45, 7) is 2.97. The number of anilines is 1. The van der Waals surface area contributed by atoms with Crippen LogP contribution >= 0.6 is 0 Å². The summed E-state index contributed by atoms with van der Waals surface area (Å²) in [5.74, 6) is 0.836. The first-order valence-corrected chi connectivity index (χ1v) is 8.74. The van der Waals surface area contributed by atoms with Gasteiger partial charge in [0.1, 0.15) is 0 Å². The molecule has 2 N–H and O–H groups in total. The number of unbranched alkanes of at least 4 members (excludes halogenated alkanes) is 4. The van der Waals surface area contributed by atoms with Gasteiger partial charge in [-0.05, 0) is 30.7 Å². The quantitative estimate of drug-likeness (QED) is 0.472. The van der Waals surface area contributed by atoms with E-state index in [1.54, 1.807) is 0 Å². The molecule has 3 aromatic rings. The topological polar surface area (TPSA) is 52.5 Å². The highest BCUT2D eigenvalue weighted by atomic mass is 16.5. The van der Waals surface area contributed by atoms with Gasteiger partial charge in [-0.3, -0.25) is 0 Å². The summed E-state index contributed by atoms with van der Waals surface area (Å²) in [5.41, 5.74) is 9.39. The fraction of sp³-hybridized carbons (Fsp3) is 0.350. The number of benzene rings is 1. The number of nitrogens with two attached hydrogens (primary N) is 1. The van der Waals surface area contributed by atoms with Crippen molar-refractivity contribution in [3.63, 3.8) is 0 Å². The molecular weight excluding hydrogens is 298 g/mol. The van der Waals surface area contributed by atoms with E-state index in [2.05, 4.69) is 6.92 Å². The van der Waals surface area contributed by atoms with Crippen LogP contribution in [0.2, 0.25) is 0 Å². The van der Waals surface area contributed by atoms with Gasteiger partial charge in [-0.15, -0.1) is 0 Å². The lowest BCUT2D eigenvalue weighted by Crippen LogP contribution is -1.99. The Morgan fingerprint density at radius 3 is 2.79 bits per heavy atom. The molecule has 2 aromatic heterocycles. The summed E-state index contributed by atoms with van der Waals surface area (Å²) in [6, 6.07) is 11.8. The van der Waals surface area contributed by atoms with Crippen molar-refractivity contribution < 1.29 is 4.74 Å². The molecule has 0 radical (unpaired) electrons. The predicted molar refractivity (Wildman–Crippen MR) is 99.3 cm³/mol. The third-order valence-electron chi connectivity index (χ3n) is 4.13. The van der Waals surface area contributed by atoms with Gasteiger partial charge in [-0.2, -0.15) is 0 Å². The molecule has 0 bridgehead atoms. The fourth-order valence-corrected chi connectivity index (χ4v) is 2.82. The molecule has 126 valence electrons. The molecule has 0 atom stereocenters. The minimum atomic E-state index is 0.740. The molecule has 0 unspecified atom stereocenters. The Morgan fingerprint density at radius 2 is 1.96 bits per heavy atom. The largest absolute Gasteiger partial charge is 0.490 e. The minimum absolute atomic E-state index is 0.740. The number of ether oxygens (including phenoxy) is 1. The van der Waals surface area contributed by atoms with Crippen LogP contribution in [0, 0.1) is 0 Å². The number of nitrogens with zero attached hydrogens (tertiary/aromatic N) is 2. The molecule has 2 heterocycles. The van der Waals surface area contributed by atoms with Crippen LogP contribution in [-0.4, -0.2) is 16.0 Å². The van der Waals surface area contributed by atoms with E-state index < -0.39 is 0 Å². The van der Waals surface area contributed by atoms with Gasteiger partial charge in [0.05, 0.1) is 12.3 Å². The molecule has 0 aliphatic carbocycles. The Hall–Kier alpha value is -2.49. The molecule has 0 aliphatic heterocycles. The highest BCUT2D eigenvalue weighted by molar-refractivity contribution is 5.68. The molecule has 4 heteroatoms. The van der Waals surface area contributed by atoms with Crippen LogP contribution in [0.3, 0.4) is 0 Å². The van der Waals surface area contributed by atoms with Crippen molar-refractivity contribution in [1.29, 1.82) is 0 Å². The lowest BCUT2D eigenvalue weighted by Gasteiger charge is -2.07. The maximum absolute atomic E-state index is 5.96. The summed E-state index contributed by atoms with van der Waals surface area (Å²) in [4.78, 5) is 4.73. The van der Waals surface area contributed by atoms with Crippen LogP contribution in [0.4, 0.5) is 5.69 Å². The molecule has 0 amide bonds. The van der Waals surface area contributed by atoms with Crippen LogP contribution in [0.15, 0.2) is 48.8 Å². The Kier molecular flexibility index (Phi) is 5.36. The standard InChI is InChI=1S/C20H25N3O/c1-2-3-4-5-6-13-24-19-11-8-12-23-15-18(22-20(19)23)16-9-7-10-17(21)14-16/h7-12,14-15H,2-6,13,21H2,1H3. The van der Waals surface area contributed by atoms with Crippen LogP contribution in [-0.2, 0) is 0 Å². The molecule has 4 nitrogen and oxygen atoms in total. The zero-order valence-electron chi connectivity index (χ0n) is 14.2. The van der Waals surface area contributed by atoms with Gasteiger partial charge in [0.2, 0.25) is 0 Å². The van der Waals surface area contributed by atoms with Gasteiger partial charge in [0.15, 0.2) is 11.4 Å². The zero-order chi connectivity index (χ0) is 16.8. The number of fused-ring (bicyclic) bond motifs is 1. The predicted octanol–water partition coefficient (Wildman–Crippen LogP) is 4.93. The van der Waals surface area contributed by atoms with E-state index >= 15 is 0 Å². The molecule has 0 saturated heterocycles. The van der Waals surface area contributed by atoms with Crippen LogP contribution in [0.1, 0.15) is 39.0 Å². The average molecular weight is 323 g/mol. The van der Waals surface area contributed by atoms with Gasteiger partial charge < -0.3 is 14.9 Å². The number of nitrogen functional groups attached to an aromatic ring is 1. The molecule has 0 aliphatic rings. The number of imidazole rings is 1. The maximum Gasteiger partial charge on any atom is 0.180 e. The van der Waals surface area contributed by atoms with Crippen molar-refractivity contribution in [2.75, 3.05) is 12.3 Å². The normalized spacial score (nSPS) is 11.0. The third-order valence-corrected chi connectivity index (χ3v) is 4.13. The second-order valence-electron chi connectivity index (χ2n) is 6.12. The smallest absolute Gasteiger partial charge is 0.180 e.